The van der Waals surface area contributed by atoms with Crippen molar-refractivity contribution in [1.29, 1.82) is 0 Å². The first kappa shape index (κ1) is 13.8. The van der Waals surface area contributed by atoms with E-state index >= 15 is 0 Å². The highest BCUT2D eigenvalue weighted by Gasteiger charge is 2.46. The third kappa shape index (κ3) is 2.69. The number of carbonyl (C=O) groups excluding carboxylic acids is 1. The average molecular weight is 254 g/mol. The molecule has 0 aromatic rings. The molecule has 0 radical (unpaired) electrons. The number of likely N-dealkylation sites (N-methyl/N-ethyl adjacent to an activating group) is 2. The molecule has 2 fully saturated rings. The van der Waals surface area contributed by atoms with Crippen LogP contribution in [0.1, 0.15) is 32.1 Å². The standard InChI is InChI=1S/C14H26N2O2/c1-15-9-4-6-12(10-15)16(2)11-14(7-5-8-14)13(17)18-3/h12H,4-11H2,1-3H3. The Kier molecular flexibility index (Phi) is 4.28. The van der Waals surface area contributed by atoms with Crippen molar-refractivity contribution < 1.29 is 9.53 Å². The molecule has 1 aliphatic carbocycles. The van der Waals surface area contributed by atoms with Gasteiger partial charge in [-0.15, -0.1) is 0 Å². The molecule has 0 bridgehead atoms. The maximum Gasteiger partial charge on any atom is 0.313 e. The molecular formula is C14H26N2O2. The maximum absolute atomic E-state index is 11.9. The number of carbonyl (C=O) groups is 1. The number of hydrogen-bond donors (Lipinski definition) is 0. The van der Waals surface area contributed by atoms with Gasteiger partial charge in [-0.2, -0.15) is 0 Å². The summed E-state index contributed by atoms with van der Waals surface area (Å²) in [6.45, 7) is 3.18. The van der Waals surface area contributed by atoms with Gasteiger partial charge in [0.05, 0.1) is 12.5 Å². The number of hydrogen-bond acceptors (Lipinski definition) is 4. The number of piperidine rings is 1. The van der Waals surface area contributed by atoms with Crippen LogP contribution in [0.4, 0.5) is 0 Å². The Morgan fingerprint density at radius 1 is 1.44 bits per heavy atom. The molecule has 0 amide bonds. The molecule has 1 saturated heterocycles. The molecule has 2 aliphatic rings. The molecule has 0 N–H and O–H groups in total. The quantitative estimate of drug-likeness (QED) is 0.709. The van der Waals surface area contributed by atoms with Crippen molar-refractivity contribution >= 4 is 5.97 Å². The van der Waals surface area contributed by atoms with Crippen molar-refractivity contribution in [3.05, 3.63) is 0 Å². The van der Waals surface area contributed by atoms with Crippen LogP contribution in [0.25, 0.3) is 0 Å². The van der Waals surface area contributed by atoms with Gasteiger partial charge in [-0.25, -0.2) is 0 Å². The summed E-state index contributed by atoms with van der Waals surface area (Å²) in [5.41, 5.74) is -0.209. The number of methoxy groups -OCH3 is 1. The SMILES string of the molecule is COC(=O)C1(CN(C)C2CCCN(C)C2)CCC1. The molecular weight excluding hydrogens is 228 g/mol. The molecule has 0 aromatic heterocycles. The predicted molar refractivity (Wildman–Crippen MR) is 71.4 cm³/mol. The van der Waals surface area contributed by atoms with E-state index in [2.05, 4.69) is 23.9 Å². The van der Waals surface area contributed by atoms with E-state index in [0.29, 0.717) is 6.04 Å². The Balaban J connectivity index is 1.93. The van der Waals surface area contributed by atoms with Crippen LogP contribution in [0, 0.1) is 5.41 Å². The van der Waals surface area contributed by atoms with E-state index in [1.807, 2.05) is 0 Å². The Labute approximate surface area is 110 Å². The van der Waals surface area contributed by atoms with E-state index in [-0.39, 0.29) is 11.4 Å². The monoisotopic (exact) mass is 254 g/mol. The van der Waals surface area contributed by atoms with Gasteiger partial charge in [0, 0.05) is 19.1 Å². The van der Waals surface area contributed by atoms with E-state index in [4.69, 9.17) is 4.74 Å². The Bertz CT molecular complexity index is 302. The van der Waals surface area contributed by atoms with Gasteiger partial charge >= 0.3 is 5.97 Å². The summed E-state index contributed by atoms with van der Waals surface area (Å²) in [7, 11) is 5.85. The zero-order valence-corrected chi connectivity index (χ0v) is 11.9. The molecule has 18 heavy (non-hydrogen) atoms. The van der Waals surface area contributed by atoms with Crippen LogP contribution >= 0.6 is 0 Å². The van der Waals surface area contributed by atoms with Crippen LogP contribution in [0.3, 0.4) is 0 Å². The highest BCUT2D eigenvalue weighted by atomic mass is 16.5. The first-order valence-electron chi connectivity index (χ1n) is 7.04. The zero-order chi connectivity index (χ0) is 13.2. The normalized spacial score (nSPS) is 27.9. The molecule has 4 nitrogen and oxygen atoms in total. The molecule has 1 atom stereocenters. The molecule has 4 heteroatoms. The van der Waals surface area contributed by atoms with Gasteiger partial charge in [0.2, 0.25) is 0 Å². The lowest BCUT2D eigenvalue weighted by atomic mass is 9.68. The molecule has 1 saturated carbocycles. The van der Waals surface area contributed by atoms with Gasteiger partial charge < -0.3 is 14.5 Å². The first-order valence-corrected chi connectivity index (χ1v) is 7.04. The Morgan fingerprint density at radius 3 is 2.67 bits per heavy atom. The van der Waals surface area contributed by atoms with Gasteiger partial charge in [-0.3, -0.25) is 4.79 Å². The molecule has 2 rings (SSSR count). The lowest BCUT2D eigenvalue weighted by Gasteiger charge is -2.45. The average Bonchev–Trinajstić information content (AvgIpc) is 2.32. The van der Waals surface area contributed by atoms with Gasteiger partial charge in [0.25, 0.3) is 0 Å². The second kappa shape index (κ2) is 5.57. The summed E-state index contributed by atoms with van der Waals surface area (Å²) in [5.74, 6) is -0.00948. The minimum atomic E-state index is -0.209. The number of likely N-dealkylation sites (tertiary alicyclic amines) is 1. The van der Waals surface area contributed by atoms with Crippen LogP contribution < -0.4 is 0 Å². The van der Waals surface area contributed by atoms with E-state index in [1.165, 1.54) is 26.5 Å². The van der Waals surface area contributed by atoms with Crippen molar-refractivity contribution in [1.82, 2.24) is 9.80 Å². The highest BCUT2D eigenvalue weighted by molar-refractivity contribution is 5.78. The summed E-state index contributed by atoms with van der Waals surface area (Å²) in [6, 6.07) is 0.589. The van der Waals surface area contributed by atoms with Crippen LogP contribution in [0.5, 0.6) is 0 Å². The van der Waals surface area contributed by atoms with Gasteiger partial charge in [-0.05, 0) is 46.3 Å². The summed E-state index contributed by atoms with van der Waals surface area (Å²) >= 11 is 0. The molecule has 104 valence electrons. The molecule has 1 heterocycles. The summed E-state index contributed by atoms with van der Waals surface area (Å²) in [6.07, 6.45) is 5.65. The third-order valence-corrected chi connectivity index (χ3v) is 4.70. The van der Waals surface area contributed by atoms with Crippen LogP contribution in [0.15, 0.2) is 0 Å². The second-order valence-electron chi connectivity index (χ2n) is 6.10. The van der Waals surface area contributed by atoms with E-state index in [0.717, 1.165) is 32.4 Å². The Hall–Kier alpha value is -0.610. The maximum atomic E-state index is 11.9. The van der Waals surface area contributed by atoms with E-state index < -0.39 is 0 Å². The highest BCUT2D eigenvalue weighted by Crippen LogP contribution is 2.43. The largest absolute Gasteiger partial charge is 0.469 e. The topological polar surface area (TPSA) is 32.8 Å². The molecule has 0 aromatic carbocycles. The Morgan fingerprint density at radius 2 is 2.17 bits per heavy atom. The minimum Gasteiger partial charge on any atom is -0.469 e. The van der Waals surface area contributed by atoms with Gasteiger partial charge in [0.15, 0.2) is 0 Å². The van der Waals surface area contributed by atoms with Gasteiger partial charge in [0.1, 0.15) is 0 Å². The predicted octanol–water partition coefficient (Wildman–Crippen LogP) is 1.36. The number of nitrogens with zero attached hydrogens (tertiary/aromatic N) is 2. The fourth-order valence-corrected chi connectivity index (χ4v) is 3.35. The van der Waals surface area contributed by atoms with E-state index in [1.54, 1.807) is 0 Å². The summed E-state index contributed by atoms with van der Waals surface area (Å²) < 4.78 is 4.99. The van der Waals surface area contributed by atoms with Crippen molar-refractivity contribution in [2.45, 2.75) is 38.1 Å². The first-order chi connectivity index (χ1) is 8.57. The number of ether oxygens (including phenoxy) is 1. The van der Waals surface area contributed by atoms with E-state index in [9.17, 15) is 4.79 Å². The summed E-state index contributed by atoms with van der Waals surface area (Å²) in [5, 5.41) is 0. The van der Waals surface area contributed by atoms with Crippen molar-refractivity contribution in [2.75, 3.05) is 40.8 Å². The molecule has 0 spiro atoms. The third-order valence-electron chi connectivity index (χ3n) is 4.70. The molecule has 1 aliphatic heterocycles. The van der Waals surface area contributed by atoms with Crippen LogP contribution in [-0.2, 0) is 9.53 Å². The fraction of sp³-hybridized carbons (Fsp3) is 0.929. The van der Waals surface area contributed by atoms with Crippen LogP contribution in [0.2, 0.25) is 0 Å². The number of esters is 1. The smallest absolute Gasteiger partial charge is 0.313 e. The summed E-state index contributed by atoms with van der Waals surface area (Å²) in [4.78, 5) is 16.7. The van der Waals surface area contributed by atoms with Crippen molar-refractivity contribution in [3.63, 3.8) is 0 Å². The lowest BCUT2D eigenvalue weighted by molar-refractivity contribution is -0.160. The second-order valence-corrected chi connectivity index (χ2v) is 6.10. The fourth-order valence-electron chi connectivity index (χ4n) is 3.35. The van der Waals surface area contributed by atoms with Gasteiger partial charge in [-0.1, -0.05) is 6.42 Å². The zero-order valence-electron chi connectivity index (χ0n) is 11.9. The van der Waals surface area contributed by atoms with Crippen LogP contribution in [-0.4, -0.2) is 62.7 Å². The van der Waals surface area contributed by atoms with Crippen molar-refractivity contribution in [2.24, 2.45) is 5.41 Å². The molecule has 1 unspecified atom stereocenters. The van der Waals surface area contributed by atoms with Crippen molar-refractivity contribution in [3.8, 4) is 0 Å². The number of rotatable bonds is 4. The lowest BCUT2D eigenvalue weighted by Crippen LogP contribution is -2.53. The minimum absolute atomic E-state index is 0.00948.